The standard InChI is InChI=1S/C6H14N2O/c7-4-6(9)5-8-2-1-3-8/h6,9H,1-5,7H2/t6-/m0/s1. The minimum absolute atomic E-state index is 0.315. The molecule has 0 spiro atoms. The molecule has 0 aromatic rings. The number of rotatable bonds is 3. The summed E-state index contributed by atoms with van der Waals surface area (Å²) in [6.45, 7) is 3.42. The average Bonchev–Trinajstić information content (AvgIpc) is 1.78. The normalized spacial score (nSPS) is 23.3. The van der Waals surface area contributed by atoms with E-state index in [1.807, 2.05) is 0 Å². The molecule has 0 aromatic heterocycles. The summed E-state index contributed by atoms with van der Waals surface area (Å²) in [6, 6.07) is 0. The summed E-state index contributed by atoms with van der Waals surface area (Å²) >= 11 is 0. The van der Waals surface area contributed by atoms with Gasteiger partial charge in [0, 0.05) is 13.1 Å². The lowest BCUT2D eigenvalue weighted by molar-refractivity contribution is 0.0838. The highest BCUT2D eigenvalue weighted by Gasteiger charge is 2.15. The van der Waals surface area contributed by atoms with Gasteiger partial charge in [0.2, 0.25) is 0 Å². The van der Waals surface area contributed by atoms with Gasteiger partial charge in [0.1, 0.15) is 0 Å². The van der Waals surface area contributed by atoms with E-state index < -0.39 is 0 Å². The van der Waals surface area contributed by atoms with Crippen LogP contribution in [0.1, 0.15) is 6.42 Å². The zero-order chi connectivity index (χ0) is 6.69. The molecule has 0 bridgehead atoms. The number of aliphatic hydroxyl groups is 1. The van der Waals surface area contributed by atoms with Crippen molar-refractivity contribution in [1.82, 2.24) is 4.90 Å². The summed E-state index contributed by atoms with van der Waals surface area (Å²) < 4.78 is 0. The van der Waals surface area contributed by atoms with Gasteiger partial charge in [-0.25, -0.2) is 0 Å². The number of likely N-dealkylation sites (tertiary alicyclic amines) is 1. The van der Waals surface area contributed by atoms with Crippen LogP contribution < -0.4 is 5.73 Å². The van der Waals surface area contributed by atoms with Crippen molar-refractivity contribution in [2.75, 3.05) is 26.2 Å². The Bertz CT molecular complexity index is 80.4. The molecule has 0 amide bonds. The van der Waals surface area contributed by atoms with Gasteiger partial charge in [0.15, 0.2) is 0 Å². The third-order valence-corrected chi connectivity index (χ3v) is 1.69. The molecule has 9 heavy (non-hydrogen) atoms. The topological polar surface area (TPSA) is 49.5 Å². The Morgan fingerprint density at radius 2 is 2.22 bits per heavy atom. The Labute approximate surface area is 55.5 Å². The second kappa shape index (κ2) is 3.15. The molecule has 0 saturated carbocycles. The van der Waals surface area contributed by atoms with Crippen LogP contribution in [0.2, 0.25) is 0 Å². The Balaban J connectivity index is 2.01. The molecule has 0 aliphatic carbocycles. The van der Waals surface area contributed by atoms with Gasteiger partial charge < -0.3 is 15.7 Å². The molecule has 0 unspecified atom stereocenters. The number of β-amino-alcohol motifs (C(OH)–C–C–N with tert-alkyl or cyclic N) is 1. The average molecular weight is 130 g/mol. The van der Waals surface area contributed by atoms with Crippen molar-refractivity contribution in [2.45, 2.75) is 12.5 Å². The number of hydrogen-bond donors (Lipinski definition) is 2. The van der Waals surface area contributed by atoms with Gasteiger partial charge in [-0.05, 0) is 19.5 Å². The van der Waals surface area contributed by atoms with Crippen molar-refractivity contribution in [3.63, 3.8) is 0 Å². The molecule has 1 saturated heterocycles. The van der Waals surface area contributed by atoms with E-state index >= 15 is 0 Å². The summed E-state index contributed by atoms with van der Waals surface area (Å²) in [7, 11) is 0. The van der Waals surface area contributed by atoms with Gasteiger partial charge >= 0.3 is 0 Å². The molecular weight excluding hydrogens is 116 g/mol. The van der Waals surface area contributed by atoms with E-state index in [1.165, 1.54) is 6.42 Å². The molecule has 3 nitrogen and oxygen atoms in total. The second-order valence-electron chi connectivity index (χ2n) is 2.54. The Morgan fingerprint density at radius 1 is 1.56 bits per heavy atom. The van der Waals surface area contributed by atoms with Crippen molar-refractivity contribution >= 4 is 0 Å². The summed E-state index contributed by atoms with van der Waals surface area (Å²) in [5, 5.41) is 9.03. The maximum atomic E-state index is 9.03. The van der Waals surface area contributed by atoms with Crippen LogP contribution in [0.5, 0.6) is 0 Å². The lowest BCUT2D eigenvalue weighted by atomic mass is 10.2. The minimum Gasteiger partial charge on any atom is -0.390 e. The smallest absolute Gasteiger partial charge is 0.0789 e. The van der Waals surface area contributed by atoms with Crippen LogP contribution >= 0.6 is 0 Å². The third kappa shape index (κ3) is 1.93. The van der Waals surface area contributed by atoms with E-state index in [4.69, 9.17) is 10.8 Å². The number of aliphatic hydroxyl groups excluding tert-OH is 1. The fourth-order valence-corrected chi connectivity index (χ4v) is 0.937. The van der Waals surface area contributed by atoms with Gasteiger partial charge in [-0.3, -0.25) is 0 Å². The van der Waals surface area contributed by atoms with Gasteiger partial charge in [0.25, 0.3) is 0 Å². The molecule has 1 rings (SSSR count). The lowest BCUT2D eigenvalue weighted by Crippen LogP contribution is -2.44. The molecule has 54 valence electrons. The van der Waals surface area contributed by atoms with E-state index in [-0.39, 0.29) is 6.10 Å². The van der Waals surface area contributed by atoms with Crippen LogP contribution in [-0.4, -0.2) is 42.3 Å². The first-order chi connectivity index (χ1) is 4.33. The van der Waals surface area contributed by atoms with Crippen molar-refractivity contribution in [3.05, 3.63) is 0 Å². The van der Waals surface area contributed by atoms with E-state index in [9.17, 15) is 0 Å². The number of nitrogens with two attached hydrogens (primary N) is 1. The molecule has 1 atom stereocenters. The first-order valence-corrected chi connectivity index (χ1v) is 3.43. The fourth-order valence-electron chi connectivity index (χ4n) is 0.937. The Hall–Kier alpha value is -0.120. The Kier molecular flexibility index (Phi) is 2.45. The van der Waals surface area contributed by atoms with Crippen molar-refractivity contribution in [3.8, 4) is 0 Å². The van der Waals surface area contributed by atoms with Crippen molar-refractivity contribution in [2.24, 2.45) is 5.73 Å². The predicted octanol–water partition coefficient (Wildman–Crippen LogP) is -0.988. The highest BCUT2D eigenvalue weighted by atomic mass is 16.3. The quantitative estimate of drug-likeness (QED) is 0.516. The molecule has 3 heteroatoms. The molecule has 0 aromatic carbocycles. The molecule has 1 aliphatic rings. The highest BCUT2D eigenvalue weighted by molar-refractivity contribution is 4.72. The van der Waals surface area contributed by atoms with E-state index in [0.29, 0.717) is 6.54 Å². The molecule has 1 heterocycles. The molecule has 1 aliphatic heterocycles. The number of nitrogens with zero attached hydrogens (tertiary/aromatic N) is 1. The van der Waals surface area contributed by atoms with Crippen LogP contribution in [0.4, 0.5) is 0 Å². The highest BCUT2D eigenvalue weighted by Crippen LogP contribution is 2.04. The largest absolute Gasteiger partial charge is 0.390 e. The number of hydrogen-bond acceptors (Lipinski definition) is 3. The van der Waals surface area contributed by atoms with Crippen LogP contribution in [0.15, 0.2) is 0 Å². The lowest BCUT2D eigenvalue weighted by Gasteiger charge is -2.32. The summed E-state index contributed by atoms with van der Waals surface area (Å²) in [5.74, 6) is 0. The van der Waals surface area contributed by atoms with Crippen LogP contribution in [0, 0.1) is 0 Å². The predicted molar refractivity (Wildman–Crippen MR) is 36.1 cm³/mol. The first kappa shape index (κ1) is 6.99. The zero-order valence-electron chi connectivity index (χ0n) is 5.58. The summed E-state index contributed by atoms with van der Waals surface area (Å²) in [6.07, 6.45) is 0.961. The van der Waals surface area contributed by atoms with Crippen molar-refractivity contribution < 1.29 is 5.11 Å². The maximum absolute atomic E-state index is 9.03. The van der Waals surface area contributed by atoms with Crippen molar-refractivity contribution in [1.29, 1.82) is 0 Å². The van der Waals surface area contributed by atoms with Gasteiger partial charge in [-0.15, -0.1) is 0 Å². The van der Waals surface area contributed by atoms with Gasteiger partial charge in [0.05, 0.1) is 6.10 Å². The Morgan fingerprint density at radius 3 is 2.56 bits per heavy atom. The van der Waals surface area contributed by atoms with E-state index in [1.54, 1.807) is 0 Å². The minimum atomic E-state index is -0.315. The van der Waals surface area contributed by atoms with Gasteiger partial charge in [-0.2, -0.15) is 0 Å². The molecular formula is C6H14N2O. The van der Waals surface area contributed by atoms with Gasteiger partial charge in [-0.1, -0.05) is 0 Å². The first-order valence-electron chi connectivity index (χ1n) is 3.43. The van der Waals surface area contributed by atoms with E-state index in [0.717, 1.165) is 19.6 Å². The summed E-state index contributed by atoms with van der Waals surface area (Å²) in [4.78, 5) is 2.21. The third-order valence-electron chi connectivity index (χ3n) is 1.69. The second-order valence-corrected chi connectivity index (χ2v) is 2.54. The monoisotopic (exact) mass is 130 g/mol. The SMILES string of the molecule is NC[C@H](O)CN1CCC1. The summed E-state index contributed by atoms with van der Waals surface area (Å²) in [5.41, 5.74) is 5.22. The van der Waals surface area contributed by atoms with Crippen LogP contribution in [0.3, 0.4) is 0 Å². The molecule has 1 fully saturated rings. The molecule has 3 N–H and O–H groups in total. The zero-order valence-corrected chi connectivity index (χ0v) is 5.58. The van der Waals surface area contributed by atoms with Crippen LogP contribution in [0.25, 0.3) is 0 Å². The fraction of sp³-hybridized carbons (Fsp3) is 1.00. The maximum Gasteiger partial charge on any atom is 0.0789 e. The molecule has 0 radical (unpaired) electrons. The van der Waals surface area contributed by atoms with Crippen LogP contribution in [-0.2, 0) is 0 Å². The van der Waals surface area contributed by atoms with E-state index in [2.05, 4.69) is 4.90 Å².